The summed E-state index contributed by atoms with van der Waals surface area (Å²) in [5.41, 5.74) is -8.97. The van der Waals surface area contributed by atoms with Gasteiger partial charge in [0, 0.05) is 13.1 Å². The number of nitrogens with zero attached hydrogens (tertiary/aromatic N) is 3. The normalized spacial score (nSPS) is 15.9. The average Bonchev–Trinajstić information content (AvgIpc) is 2.80. The van der Waals surface area contributed by atoms with Crippen LogP contribution in [0.2, 0.25) is 0 Å². The van der Waals surface area contributed by atoms with Crippen LogP contribution in [-0.2, 0) is 46.1 Å². The average molecular weight is 943 g/mol. The molecule has 1 atom stereocenters. The van der Waals surface area contributed by atoms with Gasteiger partial charge in [-0.05, 0) is 12.8 Å². The molecule has 53 heavy (non-hydrogen) atoms. The number of hydrogen-bond acceptors (Lipinski definition) is 13. The maximum Gasteiger partial charge on any atom is 0.373 e. The summed E-state index contributed by atoms with van der Waals surface area (Å²) in [6.07, 6.45) is -4.99. The van der Waals surface area contributed by atoms with Crippen molar-refractivity contribution in [2.24, 2.45) is 0 Å². The van der Waals surface area contributed by atoms with Gasteiger partial charge in [-0.15, -0.1) is 0 Å². The fraction of sp³-hybridized carbons (Fsp3) is 0.857. The molecule has 0 saturated carbocycles. The van der Waals surface area contributed by atoms with Gasteiger partial charge in [0.25, 0.3) is 10.3 Å². The van der Waals surface area contributed by atoms with Crippen molar-refractivity contribution in [2.45, 2.75) is 60.5 Å². The van der Waals surface area contributed by atoms with Crippen LogP contribution in [0.15, 0.2) is 0 Å². The largest absolute Gasteiger partial charge is 0.481 e. The van der Waals surface area contributed by atoms with E-state index in [4.69, 9.17) is 0 Å². The minimum Gasteiger partial charge on any atom is -0.481 e. The first-order valence-electron chi connectivity index (χ1n) is 13.2. The van der Waals surface area contributed by atoms with E-state index >= 15 is 0 Å². The molecular weight excluding hydrogens is 906 g/mol. The molecule has 0 aliphatic carbocycles. The first-order valence-corrected chi connectivity index (χ1v) is 26.4. The van der Waals surface area contributed by atoms with Gasteiger partial charge >= 0.3 is 72.7 Å². The predicted octanol–water partition coefficient (Wildman–Crippen LogP) is -3.15. The number of carbonyl (C=O) groups is 2. The standard InChI is InChI=1S/C14H37N3O28P8/c1-3-5-15(11(46(22,23)24)47(25,26)27)13(50(34,35)36,51(37,38)39)17(8(10(20)21)7-9(18)19)14(52(40,41)42,53(43,44)45)16(6-4-2)12(48(28,29)30)49(31,32)33/h8,11-12H,3-7H2,1-2H3,(H,18,19)(H,20,21)(H2,22,23,24)(H2,25,26,27)(H2,28,29,30)(H2,31,32,33)(H2,34,35,36)(H2,37,38,39)(H2,40,41,42)(H2,43,44,45)/t8-/m0/s1. The Kier molecular flexibility index (Phi) is 17.1. The van der Waals surface area contributed by atoms with Gasteiger partial charge in [-0.1, -0.05) is 13.8 Å². The molecule has 0 saturated heterocycles. The van der Waals surface area contributed by atoms with Crippen LogP contribution < -0.4 is 0 Å². The maximum atomic E-state index is 13.7. The summed E-state index contributed by atoms with van der Waals surface area (Å²) in [4.78, 5) is 186. The minimum absolute atomic E-state index is 0.698. The van der Waals surface area contributed by atoms with E-state index in [1.165, 1.54) is 0 Å². The minimum atomic E-state index is -8.06. The molecule has 31 nitrogen and oxygen atoms in total. The Morgan fingerprint density at radius 1 is 0.491 bits per heavy atom. The molecule has 0 radical (unpaired) electrons. The lowest BCUT2D eigenvalue weighted by molar-refractivity contribution is -0.160. The van der Waals surface area contributed by atoms with Gasteiger partial charge in [0.1, 0.15) is 6.04 Å². The Balaban J connectivity index is 10.7. The lowest BCUT2D eigenvalue weighted by Gasteiger charge is -2.60. The molecule has 0 aromatic rings. The van der Waals surface area contributed by atoms with E-state index in [9.17, 15) is 135 Å². The molecule has 0 amide bonds. The highest BCUT2D eigenvalue weighted by Crippen LogP contribution is 2.84. The van der Waals surface area contributed by atoms with Crippen LogP contribution in [0.5, 0.6) is 0 Å². The summed E-state index contributed by atoms with van der Waals surface area (Å²) in [5.74, 6) is -5.98. The van der Waals surface area contributed by atoms with Gasteiger partial charge in [-0.2, -0.15) is 0 Å². The van der Waals surface area contributed by atoms with Gasteiger partial charge in [-0.3, -0.25) is 46.1 Å². The molecule has 0 fully saturated rings. The molecule has 0 rings (SSSR count). The second-order valence-corrected chi connectivity index (χ2v) is 25.7. The van der Waals surface area contributed by atoms with Gasteiger partial charge in [-0.25, -0.2) is 14.7 Å². The highest BCUT2D eigenvalue weighted by molar-refractivity contribution is 7.75. The molecule has 0 heterocycles. The van der Waals surface area contributed by atoms with Crippen molar-refractivity contribution in [1.82, 2.24) is 14.7 Å². The summed E-state index contributed by atoms with van der Waals surface area (Å²) >= 11 is 0. The summed E-state index contributed by atoms with van der Waals surface area (Å²) in [5, 5.41) is 7.38. The Labute approximate surface area is 295 Å². The Bertz CT molecular complexity index is 1560. The molecule has 39 heteroatoms. The van der Waals surface area contributed by atoms with E-state index in [1.807, 2.05) is 0 Å². The van der Waals surface area contributed by atoms with Crippen molar-refractivity contribution in [1.29, 1.82) is 0 Å². The van der Waals surface area contributed by atoms with E-state index in [1.54, 1.807) is 0 Å². The van der Waals surface area contributed by atoms with E-state index < -0.39 is 147 Å². The van der Waals surface area contributed by atoms with Crippen LogP contribution in [-0.4, -0.2) is 156 Å². The lowest BCUT2D eigenvalue weighted by atomic mass is 10.2. The van der Waals surface area contributed by atoms with Gasteiger partial charge in [0.05, 0.1) is 6.42 Å². The zero-order valence-electron chi connectivity index (χ0n) is 26.3. The number of rotatable bonds is 22. The highest BCUT2D eigenvalue weighted by atomic mass is 31.3. The first-order chi connectivity index (χ1) is 23.0. The zero-order chi connectivity index (χ0) is 43.2. The quantitative estimate of drug-likeness (QED) is 0.0376. The number of aliphatic carboxylic acids is 2. The molecule has 0 aromatic heterocycles. The summed E-state index contributed by atoms with van der Waals surface area (Å²) < 4.78 is 105. The summed E-state index contributed by atoms with van der Waals surface area (Å²) in [7, 11) is -60.4. The molecule has 0 spiro atoms. The Hall–Kier alpha value is 0.0200. The topological polar surface area (TPSA) is 545 Å². The van der Waals surface area contributed by atoms with E-state index in [-0.39, 0.29) is 0 Å². The van der Waals surface area contributed by atoms with Crippen molar-refractivity contribution in [2.75, 3.05) is 13.1 Å². The van der Waals surface area contributed by atoms with Crippen LogP contribution >= 0.6 is 60.8 Å². The summed E-state index contributed by atoms with van der Waals surface area (Å²) in [6.45, 7) is -2.74. The van der Waals surface area contributed by atoms with Crippen LogP contribution in [0.1, 0.15) is 33.1 Å². The molecule has 0 unspecified atom stereocenters. The number of carboxylic acid groups (broad SMARTS) is 2. The first kappa shape index (κ1) is 53.0. The van der Waals surface area contributed by atoms with Crippen LogP contribution in [0.4, 0.5) is 0 Å². The van der Waals surface area contributed by atoms with Crippen LogP contribution in [0.25, 0.3) is 0 Å². The lowest BCUT2D eigenvalue weighted by Crippen LogP contribution is -2.76. The Morgan fingerprint density at radius 3 is 0.849 bits per heavy atom. The predicted molar refractivity (Wildman–Crippen MR) is 169 cm³/mol. The van der Waals surface area contributed by atoms with Crippen molar-refractivity contribution in [3.05, 3.63) is 0 Å². The van der Waals surface area contributed by atoms with Crippen molar-refractivity contribution >= 4 is 72.7 Å². The summed E-state index contributed by atoms with van der Waals surface area (Å²) in [6, 6.07) is -4.34. The molecule has 0 aliphatic heterocycles. The molecule has 316 valence electrons. The fourth-order valence-corrected chi connectivity index (χ4v) is 19.3. The SMILES string of the molecule is CCCN(C(P(=O)(O)O)P(=O)(O)O)C(N([C@@H](CC(=O)O)C(=O)O)C(N(CCC)C(P(=O)(O)O)P(=O)(O)O)(P(=O)(O)O)P(=O)(O)O)(P(=O)(O)O)P(=O)(O)O. The van der Waals surface area contributed by atoms with E-state index in [0.717, 1.165) is 0 Å². The highest BCUT2D eigenvalue weighted by Gasteiger charge is 2.85. The van der Waals surface area contributed by atoms with Crippen molar-refractivity contribution in [3.8, 4) is 0 Å². The van der Waals surface area contributed by atoms with E-state index in [2.05, 4.69) is 0 Å². The second kappa shape index (κ2) is 17.1. The molecule has 0 aromatic carbocycles. The van der Waals surface area contributed by atoms with Crippen molar-refractivity contribution in [3.63, 3.8) is 0 Å². The van der Waals surface area contributed by atoms with Crippen LogP contribution in [0, 0.1) is 0 Å². The van der Waals surface area contributed by atoms with Gasteiger partial charge in [0.15, 0.2) is 0 Å². The van der Waals surface area contributed by atoms with Gasteiger partial charge < -0.3 is 88.5 Å². The second-order valence-electron chi connectivity index (χ2n) is 10.6. The smallest absolute Gasteiger partial charge is 0.373 e. The molecule has 18 N–H and O–H groups in total. The third-order valence-electron chi connectivity index (χ3n) is 6.63. The van der Waals surface area contributed by atoms with Crippen molar-refractivity contribution < 1.29 is 135 Å². The zero-order valence-corrected chi connectivity index (χ0v) is 33.5. The maximum absolute atomic E-state index is 13.7. The molecule has 0 bridgehead atoms. The Morgan fingerprint density at radius 2 is 0.717 bits per heavy atom. The number of hydrogen-bond donors (Lipinski definition) is 18. The number of carboxylic acids is 2. The van der Waals surface area contributed by atoms with Crippen LogP contribution in [0.3, 0.4) is 0 Å². The fourth-order valence-electron chi connectivity index (χ4n) is 5.36. The third-order valence-corrected chi connectivity index (χ3v) is 21.9. The van der Waals surface area contributed by atoms with E-state index in [0.29, 0.717) is 13.8 Å². The molecule has 0 aliphatic rings. The van der Waals surface area contributed by atoms with Gasteiger partial charge in [0.2, 0.25) is 11.0 Å². The monoisotopic (exact) mass is 943 g/mol. The molecular formula is C14H37N3O28P8. The third kappa shape index (κ3) is 10.8.